The number of aromatic carboxylic acids is 1. The van der Waals surface area contributed by atoms with E-state index < -0.39 is 38.4 Å². The smallest absolute Gasteiger partial charge is 0.335 e. The number of nitro benzene ring substituents is 1. The summed E-state index contributed by atoms with van der Waals surface area (Å²) in [6.07, 6.45) is 1.04. The maximum atomic E-state index is 12.6. The van der Waals surface area contributed by atoms with Crippen LogP contribution in [0.1, 0.15) is 34.6 Å². The lowest BCUT2D eigenvalue weighted by atomic mass is 10.1. The molecule has 1 unspecified atom stereocenters. The number of nitrogens with zero attached hydrogens (tertiary/aromatic N) is 2. The zero-order valence-corrected chi connectivity index (χ0v) is 14.2. The Morgan fingerprint density at radius 1 is 1.29 bits per heavy atom. The number of rotatable bonds is 7. The lowest BCUT2D eigenvalue weighted by Crippen LogP contribution is -2.42. The van der Waals surface area contributed by atoms with E-state index in [4.69, 9.17) is 5.11 Å². The third-order valence-electron chi connectivity index (χ3n) is 3.30. The molecule has 1 atom stereocenters. The highest BCUT2D eigenvalue weighted by molar-refractivity contribution is 7.90. The van der Waals surface area contributed by atoms with Gasteiger partial charge in [-0.2, -0.15) is 0 Å². The van der Waals surface area contributed by atoms with Crippen LogP contribution >= 0.6 is 0 Å². The minimum Gasteiger partial charge on any atom is -0.478 e. The molecule has 1 N–H and O–H groups in total. The van der Waals surface area contributed by atoms with Crippen molar-refractivity contribution in [2.24, 2.45) is 0 Å². The Balaban J connectivity index is 3.29. The molecule has 0 bridgehead atoms. The number of carboxylic acids is 1. The van der Waals surface area contributed by atoms with Crippen molar-refractivity contribution >= 4 is 27.4 Å². The fourth-order valence-corrected chi connectivity index (χ4v) is 3.37. The minimum atomic E-state index is -3.33. The summed E-state index contributed by atoms with van der Waals surface area (Å²) in [4.78, 5) is 35.0. The second kappa shape index (κ2) is 7.39. The van der Waals surface area contributed by atoms with Crippen molar-refractivity contribution in [2.45, 2.75) is 19.9 Å². The van der Waals surface area contributed by atoms with Gasteiger partial charge in [0.15, 0.2) is 0 Å². The summed E-state index contributed by atoms with van der Waals surface area (Å²) in [6, 6.07) is 2.21. The van der Waals surface area contributed by atoms with Crippen LogP contribution < -0.4 is 0 Å². The Morgan fingerprint density at radius 2 is 1.83 bits per heavy atom. The number of carbonyl (C=O) groups is 2. The molecule has 1 aromatic rings. The topological polar surface area (TPSA) is 135 Å². The highest BCUT2D eigenvalue weighted by Crippen LogP contribution is 2.20. The summed E-state index contributed by atoms with van der Waals surface area (Å²) in [6.45, 7) is 3.34. The molecular weight excluding hydrogens is 340 g/mol. The van der Waals surface area contributed by atoms with Crippen molar-refractivity contribution in [1.29, 1.82) is 0 Å². The SMILES string of the molecule is CCN(C(=O)c1cc(C(=O)O)cc([N+](=O)[O-])c1)C(C)CS(C)(=O)=O. The Hall–Kier alpha value is -2.49. The van der Waals surface area contributed by atoms with Crippen molar-refractivity contribution in [3.05, 3.63) is 39.4 Å². The van der Waals surface area contributed by atoms with Crippen molar-refractivity contribution in [3.63, 3.8) is 0 Å². The van der Waals surface area contributed by atoms with Gasteiger partial charge in [-0.15, -0.1) is 0 Å². The number of nitro groups is 1. The third kappa shape index (κ3) is 5.01. The van der Waals surface area contributed by atoms with Crippen molar-refractivity contribution in [2.75, 3.05) is 18.6 Å². The van der Waals surface area contributed by atoms with E-state index in [1.165, 1.54) is 11.8 Å². The molecule has 0 radical (unpaired) electrons. The van der Waals surface area contributed by atoms with Gasteiger partial charge in [0, 0.05) is 36.5 Å². The van der Waals surface area contributed by atoms with E-state index in [0.717, 1.165) is 24.5 Å². The van der Waals surface area contributed by atoms with Gasteiger partial charge in [-0.1, -0.05) is 0 Å². The first-order chi connectivity index (χ1) is 11.0. The molecule has 10 heteroatoms. The Labute approximate surface area is 139 Å². The molecule has 0 aliphatic rings. The molecule has 132 valence electrons. The zero-order valence-electron chi connectivity index (χ0n) is 13.4. The van der Waals surface area contributed by atoms with Gasteiger partial charge >= 0.3 is 5.97 Å². The average Bonchev–Trinajstić information content (AvgIpc) is 2.45. The average molecular weight is 358 g/mol. The van der Waals surface area contributed by atoms with Crippen LogP contribution in [0.2, 0.25) is 0 Å². The number of sulfone groups is 1. The largest absolute Gasteiger partial charge is 0.478 e. The molecule has 1 rings (SSSR count). The fraction of sp³-hybridized carbons (Fsp3) is 0.429. The minimum absolute atomic E-state index is 0.167. The van der Waals surface area contributed by atoms with Crippen LogP contribution in [0.25, 0.3) is 0 Å². The number of carboxylic acid groups (broad SMARTS) is 1. The number of hydrogen-bond donors (Lipinski definition) is 1. The van der Waals surface area contributed by atoms with Crippen molar-refractivity contribution in [3.8, 4) is 0 Å². The molecule has 24 heavy (non-hydrogen) atoms. The van der Waals surface area contributed by atoms with Crippen LogP contribution in [0.15, 0.2) is 18.2 Å². The van der Waals surface area contributed by atoms with Gasteiger partial charge in [0.2, 0.25) is 0 Å². The number of carbonyl (C=O) groups excluding carboxylic acids is 1. The summed E-state index contributed by atoms with van der Waals surface area (Å²) in [7, 11) is -3.33. The molecule has 0 aromatic heterocycles. The van der Waals surface area contributed by atoms with Gasteiger partial charge in [0.05, 0.1) is 16.2 Å². The monoisotopic (exact) mass is 358 g/mol. The van der Waals surface area contributed by atoms with E-state index in [1.807, 2.05) is 0 Å². The van der Waals surface area contributed by atoms with Gasteiger partial charge in [-0.25, -0.2) is 13.2 Å². The Bertz CT molecular complexity index is 741. The molecule has 0 heterocycles. The molecule has 9 nitrogen and oxygen atoms in total. The zero-order chi connectivity index (χ0) is 18.7. The quantitative estimate of drug-likeness (QED) is 0.571. The maximum absolute atomic E-state index is 12.6. The molecule has 0 aliphatic carbocycles. The summed E-state index contributed by atoms with van der Waals surface area (Å²) < 4.78 is 22.8. The Morgan fingerprint density at radius 3 is 2.25 bits per heavy atom. The van der Waals surface area contributed by atoms with Gasteiger partial charge in [0.25, 0.3) is 11.6 Å². The van der Waals surface area contributed by atoms with Crippen LogP contribution in [-0.2, 0) is 9.84 Å². The van der Waals surface area contributed by atoms with E-state index in [2.05, 4.69) is 0 Å². The fourth-order valence-electron chi connectivity index (χ4n) is 2.31. The summed E-state index contributed by atoms with van der Waals surface area (Å²) >= 11 is 0. The van der Waals surface area contributed by atoms with Crippen LogP contribution in [-0.4, -0.2) is 59.8 Å². The first-order valence-corrected chi connectivity index (χ1v) is 9.03. The third-order valence-corrected chi connectivity index (χ3v) is 4.39. The Kier molecular flexibility index (Phi) is 6.02. The van der Waals surface area contributed by atoms with E-state index in [9.17, 15) is 28.1 Å². The molecule has 1 amide bonds. The standard InChI is InChI=1S/C14H18N2O7S/c1-4-15(9(2)8-24(3,22)23)13(17)10-5-11(14(18)19)7-12(6-10)16(20)21/h5-7,9H,4,8H2,1-3H3,(H,18,19). The van der Waals surface area contributed by atoms with Crippen molar-refractivity contribution < 1.29 is 28.0 Å². The van der Waals surface area contributed by atoms with Gasteiger partial charge in [0.1, 0.15) is 9.84 Å². The first kappa shape index (κ1) is 19.6. The molecule has 0 spiro atoms. The summed E-state index contributed by atoms with van der Waals surface area (Å²) in [5, 5.41) is 19.9. The van der Waals surface area contributed by atoms with E-state index in [0.29, 0.717) is 0 Å². The van der Waals surface area contributed by atoms with Crippen LogP contribution in [0.5, 0.6) is 0 Å². The highest BCUT2D eigenvalue weighted by atomic mass is 32.2. The second-order valence-electron chi connectivity index (χ2n) is 5.36. The normalized spacial score (nSPS) is 12.5. The second-order valence-corrected chi connectivity index (χ2v) is 7.55. The number of non-ortho nitro benzene ring substituents is 1. The van der Waals surface area contributed by atoms with Crippen LogP contribution in [0, 0.1) is 10.1 Å². The van der Waals surface area contributed by atoms with Gasteiger partial charge in [-0.05, 0) is 19.9 Å². The van der Waals surface area contributed by atoms with E-state index in [1.54, 1.807) is 6.92 Å². The number of amides is 1. The molecule has 0 saturated carbocycles. The number of hydrogen-bond acceptors (Lipinski definition) is 6. The molecule has 1 aromatic carbocycles. The molecule has 0 fully saturated rings. The predicted molar refractivity (Wildman–Crippen MR) is 85.9 cm³/mol. The molecule has 0 saturated heterocycles. The molecule has 0 aliphatic heterocycles. The first-order valence-electron chi connectivity index (χ1n) is 6.97. The van der Waals surface area contributed by atoms with Gasteiger partial charge < -0.3 is 10.0 Å². The summed E-state index contributed by atoms with van der Waals surface area (Å²) in [5.74, 6) is -2.34. The van der Waals surface area contributed by atoms with Gasteiger partial charge in [-0.3, -0.25) is 14.9 Å². The maximum Gasteiger partial charge on any atom is 0.335 e. The molecular formula is C14H18N2O7S. The van der Waals surface area contributed by atoms with Crippen LogP contribution in [0.4, 0.5) is 5.69 Å². The van der Waals surface area contributed by atoms with E-state index >= 15 is 0 Å². The van der Waals surface area contributed by atoms with Crippen molar-refractivity contribution in [1.82, 2.24) is 4.90 Å². The highest BCUT2D eigenvalue weighted by Gasteiger charge is 2.25. The lowest BCUT2D eigenvalue weighted by Gasteiger charge is -2.27. The van der Waals surface area contributed by atoms with Crippen LogP contribution in [0.3, 0.4) is 0 Å². The van der Waals surface area contributed by atoms with E-state index in [-0.39, 0.29) is 23.4 Å². The predicted octanol–water partition coefficient (Wildman–Crippen LogP) is 1.19. The summed E-state index contributed by atoms with van der Waals surface area (Å²) in [5.41, 5.74) is -1.09. The lowest BCUT2D eigenvalue weighted by molar-refractivity contribution is -0.384. The number of benzene rings is 1.